The van der Waals surface area contributed by atoms with E-state index in [2.05, 4.69) is 300 Å². The molecule has 76 heavy (non-hydrogen) atoms. The van der Waals surface area contributed by atoms with Crippen LogP contribution in [0.15, 0.2) is 267 Å². The third kappa shape index (κ3) is 7.62. The Morgan fingerprint density at radius 2 is 0.763 bits per heavy atom. The van der Waals surface area contributed by atoms with Gasteiger partial charge in [0.25, 0.3) is 0 Å². The third-order valence-corrected chi connectivity index (χ3v) is 16.5. The van der Waals surface area contributed by atoms with Crippen LogP contribution >= 0.6 is 0 Å². The SMILES string of the molecule is CCC(C)c1ccc(Oc2ccc(C3(c4cc(C)cc(C)c4)c4ccccc4-c4ccc(N(c5ccc(-c6ccccc6)cc5)c5ccc6c(c5)C(c5ccccc5)(c5ccccc5)c5ccccc5-6)cc43)cc2)cc1. The minimum Gasteiger partial charge on any atom is -0.457 e. The van der Waals surface area contributed by atoms with Crippen molar-refractivity contribution in [2.75, 3.05) is 4.90 Å². The van der Waals surface area contributed by atoms with E-state index in [9.17, 15) is 0 Å². The van der Waals surface area contributed by atoms with Gasteiger partial charge in [0.2, 0.25) is 0 Å². The molecular weight excluding hydrogens is 919 g/mol. The highest BCUT2D eigenvalue weighted by molar-refractivity contribution is 5.92. The molecule has 2 aliphatic carbocycles. The first kappa shape index (κ1) is 46.8. The molecule has 11 aromatic rings. The highest BCUT2D eigenvalue weighted by Crippen LogP contribution is 2.60. The smallest absolute Gasteiger partial charge is 0.127 e. The highest BCUT2D eigenvalue weighted by Gasteiger charge is 2.48. The van der Waals surface area contributed by atoms with Crippen LogP contribution in [-0.2, 0) is 10.8 Å². The summed E-state index contributed by atoms with van der Waals surface area (Å²) in [5.74, 6) is 2.15. The van der Waals surface area contributed by atoms with Crippen molar-refractivity contribution in [2.45, 2.75) is 50.9 Å². The number of hydrogen-bond acceptors (Lipinski definition) is 2. The minimum atomic E-state index is -0.659. The zero-order valence-corrected chi connectivity index (χ0v) is 43.5. The molecule has 0 bridgehead atoms. The fourth-order valence-electron chi connectivity index (χ4n) is 12.8. The summed E-state index contributed by atoms with van der Waals surface area (Å²) >= 11 is 0. The molecule has 0 saturated heterocycles. The largest absolute Gasteiger partial charge is 0.457 e. The number of ether oxygens (including phenoxy) is 1. The number of rotatable bonds is 12. The van der Waals surface area contributed by atoms with Gasteiger partial charge in [-0.25, -0.2) is 0 Å². The second-order valence-corrected chi connectivity index (χ2v) is 20.9. The predicted molar refractivity (Wildman–Crippen MR) is 316 cm³/mol. The molecule has 2 heteroatoms. The first-order chi connectivity index (χ1) is 37.3. The van der Waals surface area contributed by atoms with Crippen molar-refractivity contribution in [3.05, 3.63) is 328 Å². The summed E-state index contributed by atoms with van der Waals surface area (Å²) in [7, 11) is 0. The fraction of sp³-hybridized carbons (Fsp3) is 0.108. The van der Waals surface area contributed by atoms with Gasteiger partial charge in [-0.2, -0.15) is 0 Å². The maximum atomic E-state index is 6.58. The van der Waals surface area contributed by atoms with Gasteiger partial charge >= 0.3 is 0 Å². The van der Waals surface area contributed by atoms with Crippen molar-refractivity contribution in [2.24, 2.45) is 0 Å². The normalized spacial score (nSPS) is 15.0. The third-order valence-electron chi connectivity index (χ3n) is 16.5. The molecule has 2 unspecified atom stereocenters. The van der Waals surface area contributed by atoms with E-state index < -0.39 is 10.8 Å². The van der Waals surface area contributed by atoms with Crippen LogP contribution in [0.1, 0.15) is 87.4 Å². The lowest BCUT2D eigenvalue weighted by Crippen LogP contribution is -2.29. The zero-order chi connectivity index (χ0) is 51.4. The maximum absolute atomic E-state index is 6.58. The Morgan fingerprint density at radius 1 is 0.355 bits per heavy atom. The number of fused-ring (bicyclic) bond motifs is 6. The topological polar surface area (TPSA) is 12.5 Å². The molecular formula is C74H59NO. The monoisotopic (exact) mass is 977 g/mol. The van der Waals surface area contributed by atoms with Gasteiger partial charge in [-0.3, -0.25) is 0 Å². The molecule has 366 valence electrons. The van der Waals surface area contributed by atoms with Crippen LogP contribution in [0.5, 0.6) is 11.5 Å². The Hall–Kier alpha value is -8.98. The Bertz CT molecular complexity index is 3840. The number of benzene rings is 11. The number of anilines is 3. The van der Waals surface area contributed by atoms with E-state index in [0.717, 1.165) is 35.0 Å². The van der Waals surface area contributed by atoms with Crippen LogP contribution in [-0.4, -0.2) is 0 Å². The van der Waals surface area contributed by atoms with E-state index in [1.54, 1.807) is 0 Å². The summed E-state index contributed by atoms with van der Waals surface area (Å²) in [6.45, 7) is 8.96. The van der Waals surface area contributed by atoms with Gasteiger partial charge in [-0.1, -0.05) is 231 Å². The van der Waals surface area contributed by atoms with Gasteiger partial charge in [0, 0.05) is 17.1 Å². The van der Waals surface area contributed by atoms with Gasteiger partial charge in [0.15, 0.2) is 0 Å². The average Bonchev–Trinajstić information content (AvgIpc) is 4.13. The molecule has 0 aliphatic heterocycles. The molecule has 13 rings (SSSR count). The number of hydrogen-bond donors (Lipinski definition) is 0. The first-order valence-electron chi connectivity index (χ1n) is 26.9. The molecule has 2 aliphatic rings. The van der Waals surface area contributed by atoms with Gasteiger partial charge in [0.05, 0.1) is 10.8 Å². The second kappa shape index (κ2) is 19.1. The van der Waals surface area contributed by atoms with E-state index in [1.807, 2.05) is 0 Å². The van der Waals surface area contributed by atoms with Crippen molar-refractivity contribution in [1.29, 1.82) is 0 Å². The lowest BCUT2D eigenvalue weighted by atomic mass is 9.67. The lowest BCUT2D eigenvalue weighted by molar-refractivity contribution is 0.481. The highest BCUT2D eigenvalue weighted by atomic mass is 16.5. The summed E-state index contributed by atoms with van der Waals surface area (Å²) in [5, 5.41) is 0. The quantitative estimate of drug-likeness (QED) is 0.121. The molecule has 2 atom stereocenters. The standard InChI is InChI=1S/C74H59NO/c1-5-52(4)53-31-39-63(40-32-53)76-64-41-33-58(34-42-64)74(59-46-50(2)45-51(3)47-59)70-28-18-16-26-66(70)68-44-38-62(49-72(68)74)75(60-35-29-55(30-36-60)54-19-9-6-10-20-54)61-37-43-67-65-25-15-17-27-69(65)73(71(67)48-61,56-21-11-7-12-22-56)57-23-13-8-14-24-57/h6-49,52H,5H2,1-4H3. The average molecular weight is 978 g/mol. The van der Waals surface area contributed by atoms with E-state index in [0.29, 0.717) is 5.92 Å². The van der Waals surface area contributed by atoms with Crippen LogP contribution in [0.2, 0.25) is 0 Å². The lowest BCUT2D eigenvalue weighted by Gasteiger charge is -2.36. The molecule has 0 fully saturated rings. The summed E-state index contributed by atoms with van der Waals surface area (Å²) in [6, 6.07) is 99.1. The summed E-state index contributed by atoms with van der Waals surface area (Å²) in [4.78, 5) is 2.48. The van der Waals surface area contributed by atoms with Crippen LogP contribution < -0.4 is 9.64 Å². The second-order valence-electron chi connectivity index (χ2n) is 20.9. The van der Waals surface area contributed by atoms with Crippen molar-refractivity contribution in [1.82, 2.24) is 0 Å². The summed E-state index contributed by atoms with van der Waals surface area (Å²) < 4.78 is 6.58. The van der Waals surface area contributed by atoms with E-state index in [4.69, 9.17) is 4.74 Å². The first-order valence-corrected chi connectivity index (χ1v) is 26.9. The molecule has 0 saturated carbocycles. The van der Waals surface area contributed by atoms with Gasteiger partial charge in [-0.15, -0.1) is 0 Å². The fourth-order valence-corrected chi connectivity index (χ4v) is 12.8. The maximum Gasteiger partial charge on any atom is 0.127 e. The van der Waals surface area contributed by atoms with Gasteiger partial charge in [-0.05, 0) is 170 Å². The van der Waals surface area contributed by atoms with Gasteiger partial charge < -0.3 is 9.64 Å². The molecule has 0 radical (unpaired) electrons. The molecule has 0 N–H and O–H groups in total. The Balaban J connectivity index is 1.03. The molecule has 11 aromatic carbocycles. The molecule has 2 nitrogen and oxygen atoms in total. The molecule has 0 aromatic heterocycles. The number of aryl methyl sites for hydroxylation is 2. The molecule has 0 spiro atoms. The number of nitrogens with zero attached hydrogens (tertiary/aromatic N) is 1. The van der Waals surface area contributed by atoms with E-state index in [1.165, 1.54) is 94.6 Å². The Labute approximate surface area is 448 Å². The molecule has 0 amide bonds. The Kier molecular flexibility index (Phi) is 11.7. The van der Waals surface area contributed by atoms with Crippen LogP contribution in [0.3, 0.4) is 0 Å². The summed E-state index contributed by atoms with van der Waals surface area (Å²) in [6.07, 6.45) is 1.10. The zero-order valence-electron chi connectivity index (χ0n) is 43.5. The molecule has 0 heterocycles. The van der Waals surface area contributed by atoms with Crippen molar-refractivity contribution in [3.63, 3.8) is 0 Å². The van der Waals surface area contributed by atoms with Crippen LogP contribution in [0.25, 0.3) is 33.4 Å². The van der Waals surface area contributed by atoms with E-state index in [-0.39, 0.29) is 0 Å². The predicted octanol–water partition coefficient (Wildman–Crippen LogP) is 19.5. The minimum absolute atomic E-state index is 0.504. The van der Waals surface area contributed by atoms with Gasteiger partial charge in [0.1, 0.15) is 11.5 Å². The van der Waals surface area contributed by atoms with E-state index >= 15 is 0 Å². The summed E-state index contributed by atoms with van der Waals surface area (Å²) in [5.41, 5.74) is 23.2. The van der Waals surface area contributed by atoms with Crippen molar-refractivity contribution < 1.29 is 4.74 Å². The van der Waals surface area contributed by atoms with Crippen LogP contribution in [0, 0.1) is 13.8 Å². The van der Waals surface area contributed by atoms with Crippen molar-refractivity contribution in [3.8, 4) is 44.9 Å². The van der Waals surface area contributed by atoms with Crippen LogP contribution in [0.4, 0.5) is 17.1 Å². The Morgan fingerprint density at radius 3 is 1.28 bits per heavy atom. The van der Waals surface area contributed by atoms with Crippen molar-refractivity contribution >= 4 is 17.1 Å².